The topological polar surface area (TPSA) is 169 Å². The standard InChI is InChI=1S/C23H23N5O7/c29-11-17-18(30)19(31)20(32)23(34-17)33-12-15-10-28(27-25-15)16-8-6-13(7-9-16)21-24-22(35-26-21)14-4-2-1-3-5-14/h1-10,17-20,23,29-32H,11-12H2/t17-,18-,19+,20+,23+/m1/s1. The molecule has 0 bridgehead atoms. The summed E-state index contributed by atoms with van der Waals surface area (Å²) in [5, 5.41) is 51.2. The molecule has 0 aliphatic carbocycles. The molecule has 35 heavy (non-hydrogen) atoms. The molecule has 1 aliphatic heterocycles. The molecule has 0 saturated carbocycles. The molecule has 4 N–H and O–H groups in total. The average Bonchev–Trinajstić information content (AvgIpc) is 3.58. The highest BCUT2D eigenvalue weighted by Crippen LogP contribution is 2.24. The van der Waals surface area contributed by atoms with Crippen LogP contribution in [0.15, 0.2) is 65.3 Å². The Labute approximate surface area is 199 Å². The Bertz CT molecular complexity index is 1240. The summed E-state index contributed by atoms with van der Waals surface area (Å²) in [5.74, 6) is 0.896. The molecule has 182 valence electrons. The lowest BCUT2D eigenvalue weighted by molar-refractivity contribution is -0.304. The van der Waals surface area contributed by atoms with E-state index in [1.54, 1.807) is 10.9 Å². The molecule has 5 atom stereocenters. The molecule has 5 rings (SSSR count). The van der Waals surface area contributed by atoms with Crippen LogP contribution in [-0.4, -0.2) is 82.9 Å². The van der Waals surface area contributed by atoms with Crippen molar-refractivity contribution >= 4 is 0 Å². The van der Waals surface area contributed by atoms with Crippen LogP contribution >= 0.6 is 0 Å². The Morgan fingerprint density at radius 1 is 0.914 bits per heavy atom. The molecule has 1 aliphatic rings. The number of hydrogen-bond donors (Lipinski definition) is 4. The summed E-state index contributed by atoms with van der Waals surface area (Å²) in [6.45, 7) is -0.611. The minimum Gasteiger partial charge on any atom is -0.394 e. The van der Waals surface area contributed by atoms with Gasteiger partial charge in [-0.25, -0.2) is 4.68 Å². The fourth-order valence-electron chi connectivity index (χ4n) is 3.67. The SMILES string of the molecule is OC[C@H]1O[C@H](OCc2cn(-c3ccc(-c4noc(-c5ccccc5)n4)cc3)nn2)[C@@H](O)[C@@H](O)[C@@H]1O. The molecular weight excluding hydrogens is 458 g/mol. The lowest BCUT2D eigenvalue weighted by Crippen LogP contribution is -2.59. The van der Waals surface area contributed by atoms with Crippen molar-refractivity contribution in [1.29, 1.82) is 0 Å². The van der Waals surface area contributed by atoms with Crippen molar-refractivity contribution in [1.82, 2.24) is 25.1 Å². The second-order valence-corrected chi connectivity index (χ2v) is 8.00. The van der Waals surface area contributed by atoms with Gasteiger partial charge < -0.3 is 34.4 Å². The van der Waals surface area contributed by atoms with Gasteiger partial charge in [-0.3, -0.25) is 0 Å². The van der Waals surface area contributed by atoms with Crippen molar-refractivity contribution in [2.75, 3.05) is 6.61 Å². The summed E-state index contributed by atoms with van der Waals surface area (Å²) < 4.78 is 17.7. The quantitative estimate of drug-likeness (QED) is 0.286. The van der Waals surface area contributed by atoms with Crippen LogP contribution in [0, 0.1) is 0 Å². The molecule has 0 amide bonds. The molecule has 0 unspecified atom stereocenters. The zero-order chi connectivity index (χ0) is 24.4. The van der Waals surface area contributed by atoms with E-state index in [9.17, 15) is 20.4 Å². The summed E-state index contributed by atoms with van der Waals surface area (Å²) in [5.41, 5.74) is 2.78. The highest BCUT2D eigenvalue weighted by molar-refractivity contribution is 5.60. The van der Waals surface area contributed by atoms with Crippen molar-refractivity contribution in [3.05, 3.63) is 66.5 Å². The van der Waals surface area contributed by atoms with E-state index in [1.807, 2.05) is 54.6 Å². The van der Waals surface area contributed by atoms with E-state index in [0.29, 0.717) is 17.4 Å². The van der Waals surface area contributed by atoms with Gasteiger partial charge in [0.15, 0.2) is 6.29 Å². The third-order valence-corrected chi connectivity index (χ3v) is 5.62. The van der Waals surface area contributed by atoms with E-state index in [-0.39, 0.29) is 6.61 Å². The number of nitrogens with zero attached hydrogens (tertiary/aromatic N) is 5. The average molecular weight is 481 g/mol. The van der Waals surface area contributed by atoms with Gasteiger partial charge in [-0.1, -0.05) is 28.6 Å². The maximum Gasteiger partial charge on any atom is 0.258 e. The van der Waals surface area contributed by atoms with Crippen LogP contribution in [0.1, 0.15) is 5.69 Å². The molecule has 12 heteroatoms. The highest BCUT2D eigenvalue weighted by Gasteiger charge is 2.44. The normalized spacial score (nSPS) is 24.5. The molecule has 0 radical (unpaired) electrons. The van der Waals surface area contributed by atoms with Crippen LogP contribution < -0.4 is 0 Å². The molecule has 4 aromatic rings. The Kier molecular flexibility index (Phi) is 6.63. The van der Waals surface area contributed by atoms with E-state index >= 15 is 0 Å². The van der Waals surface area contributed by atoms with Crippen LogP contribution in [0.3, 0.4) is 0 Å². The van der Waals surface area contributed by atoms with Gasteiger partial charge in [0.25, 0.3) is 5.89 Å². The predicted molar refractivity (Wildman–Crippen MR) is 119 cm³/mol. The van der Waals surface area contributed by atoms with E-state index in [2.05, 4.69) is 20.5 Å². The number of aromatic nitrogens is 5. The van der Waals surface area contributed by atoms with Crippen LogP contribution in [0.5, 0.6) is 0 Å². The van der Waals surface area contributed by atoms with Gasteiger partial charge in [0.1, 0.15) is 30.1 Å². The van der Waals surface area contributed by atoms with Gasteiger partial charge in [-0.2, -0.15) is 4.98 Å². The summed E-state index contributed by atoms with van der Waals surface area (Å²) in [6, 6.07) is 16.8. The smallest absolute Gasteiger partial charge is 0.258 e. The Hall–Kier alpha value is -3.52. The first-order valence-corrected chi connectivity index (χ1v) is 10.9. The van der Waals surface area contributed by atoms with Crippen molar-refractivity contribution in [3.63, 3.8) is 0 Å². The van der Waals surface area contributed by atoms with E-state index in [4.69, 9.17) is 14.0 Å². The fourth-order valence-corrected chi connectivity index (χ4v) is 3.67. The molecule has 12 nitrogen and oxygen atoms in total. The van der Waals surface area contributed by atoms with Gasteiger partial charge in [0.05, 0.1) is 25.1 Å². The minimum absolute atomic E-state index is 0.0775. The van der Waals surface area contributed by atoms with Crippen LogP contribution in [0.2, 0.25) is 0 Å². The summed E-state index contributed by atoms with van der Waals surface area (Å²) >= 11 is 0. The van der Waals surface area contributed by atoms with Gasteiger partial charge in [-0.15, -0.1) is 5.10 Å². The number of benzene rings is 2. The van der Waals surface area contributed by atoms with E-state index < -0.39 is 37.3 Å². The zero-order valence-corrected chi connectivity index (χ0v) is 18.3. The number of ether oxygens (including phenoxy) is 2. The third-order valence-electron chi connectivity index (χ3n) is 5.62. The lowest BCUT2D eigenvalue weighted by Gasteiger charge is -2.39. The molecule has 0 spiro atoms. The Morgan fingerprint density at radius 2 is 1.69 bits per heavy atom. The van der Waals surface area contributed by atoms with Crippen molar-refractivity contribution < 1.29 is 34.4 Å². The second kappa shape index (κ2) is 10.00. The molecule has 2 aromatic carbocycles. The Balaban J connectivity index is 1.23. The number of aliphatic hydroxyl groups is 4. The predicted octanol–water partition coefficient (Wildman–Crippen LogP) is 0.301. The van der Waals surface area contributed by atoms with Gasteiger partial charge >= 0.3 is 0 Å². The Morgan fingerprint density at radius 3 is 2.43 bits per heavy atom. The van der Waals surface area contributed by atoms with Gasteiger partial charge in [0, 0.05) is 11.1 Å². The maximum atomic E-state index is 10.1. The van der Waals surface area contributed by atoms with E-state index in [0.717, 1.165) is 16.8 Å². The maximum absolute atomic E-state index is 10.1. The first-order valence-electron chi connectivity index (χ1n) is 10.9. The molecule has 1 fully saturated rings. The fraction of sp³-hybridized carbons (Fsp3) is 0.304. The highest BCUT2D eigenvalue weighted by atomic mass is 16.7. The molecular formula is C23H23N5O7. The summed E-state index contributed by atoms with van der Waals surface area (Å²) in [6.07, 6.45) is -5.09. The van der Waals surface area contributed by atoms with Gasteiger partial charge in [0.2, 0.25) is 5.82 Å². The number of aliphatic hydroxyl groups excluding tert-OH is 4. The third kappa shape index (κ3) is 4.84. The van der Waals surface area contributed by atoms with Crippen molar-refractivity contribution in [2.24, 2.45) is 0 Å². The monoisotopic (exact) mass is 481 g/mol. The zero-order valence-electron chi connectivity index (χ0n) is 18.3. The first kappa shape index (κ1) is 23.2. The molecule has 2 aromatic heterocycles. The summed E-state index contributed by atoms with van der Waals surface area (Å²) in [4.78, 5) is 4.44. The molecule has 3 heterocycles. The number of hydrogen-bond acceptors (Lipinski definition) is 11. The first-order chi connectivity index (χ1) is 17.0. The minimum atomic E-state index is -1.51. The van der Waals surface area contributed by atoms with Crippen LogP contribution in [-0.2, 0) is 16.1 Å². The largest absolute Gasteiger partial charge is 0.394 e. The molecule has 1 saturated heterocycles. The lowest BCUT2D eigenvalue weighted by atomic mass is 9.99. The van der Waals surface area contributed by atoms with Gasteiger partial charge in [-0.05, 0) is 36.4 Å². The number of rotatable bonds is 7. The van der Waals surface area contributed by atoms with Crippen LogP contribution in [0.25, 0.3) is 28.5 Å². The van der Waals surface area contributed by atoms with Crippen LogP contribution in [0.4, 0.5) is 0 Å². The second-order valence-electron chi connectivity index (χ2n) is 8.00. The van der Waals surface area contributed by atoms with Crippen molar-refractivity contribution in [3.8, 4) is 28.5 Å². The summed E-state index contributed by atoms with van der Waals surface area (Å²) in [7, 11) is 0. The van der Waals surface area contributed by atoms with E-state index in [1.165, 1.54) is 0 Å². The van der Waals surface area contributed by atoms with Crippen molar-refractivity contribution in [2.45, 2.75) is 37.3 Å².